The van der Waals surface area contributed by atoms with Crippen LogP contribution in [-0.4, -0.2) is 0 Å². The Balaban J connectivity index is 3.15. The van der Waals surface area contributed by atoms with Gasteiger partial charge in [0.1, 0.15) is 0 Å². The molecule has 0 nitrogen and oxygen atoms in total. The zero-order valence-electron chi connectivity index (χ0n) is 13.6. The van der Waals surface area contributed by atoms with E-state index in [2.05, 4.69) is 27.7 Å². The van der Waals surface area contributed by atoms with E-state index in [-0.39, 0.29) is 0 Å². The summed E-state index contributed by atoms with van der Waals surface area (Å²) in [4.78, 5) is 0. The molecule has 0 aliphatic rings. The van der Waals surface area contributed by atoms with E-state index in [1.165, 1.54) is 77.0 Å². The first kappa shape index (κ1) is 18.0. The molecular formula is C18H38. The van der Waals surface area contributed by atoms with E-state index in [0.717, 1.165) is 11.8 Å². The van der Waals surface area contributed by atoms with Gasteiger partial charge in [-0.3, -0.25) is 0 Å². The van der Waals surface area contributed by atoms with Crippen LogP contribution in [0, 0.1) is 11.8 Å². The molecule has 0 aromatic carbocycles. The lowest BCUT2D eigenvalue weighted by Gasteiger charge is -2.13. The molecule has 0 heteroatoms. The van der Waals surface area contributed by atoms with Crippen molar-refractivity contribution in [1.82, 2.24) is 0 Å². The quantitative estimate of drug-likeness (QED) is 0.311. The molecule has 0 saturated heterocycles. The van der Waals surface area contributed by atoms with E-state index < -0.39 is 0 Å². The van der Waals surface area contributed by atoms with Crippen molar-refractivity contribution in [2.24, 2.45) is 11.8 Å². The molecule has 18 heavy (non-hydrogen) atoms. The average Bonchev–Trinajstić information content (AvgIpc) is 2.35. The van der Waals surface area contributed by atoms with Crippen molar-refractivity contribution in [1.29, 1.82) is 0 Å². The zero-order valence-corrected chi connectivity index (χ0v) is 13.6. The maximum atomic E-state index is 2.36. The highest BCUT2D eigenvalue weighted by Crippen LogP contribution is 2.19. The van der Waals surface area contributed by atoms with E-state index in [1.54, 1.807) is 0 Å². The third-order valence-corrected chi connectivity index (χ3v) is 4.17. The Bertz CT molecular complexity index is 148. The summed E-state index contributed by atoms with van der Waals surface area (Å²) >= 11 is 0. The van der Waals surface area contributed by atoms with Crippen LogP contribution in [0.5, 0.6) is 0 Å². The van der Waals surface area contributed by atoms with Gasteiger partial charge in [-0.2, -0.15) is 0 Å². The molecule has 110 valence electrons. The normalized spacial score (nSPS) is 13.2. The van der Waals surface area contributed by atoms with Crippen molar-refractivity contribution >= 4 is 0 Å². The molecule has 0 heterocycles. The molecule has 0 aliphatic carbocycles. The van der Waals surface area contributed by atoms with E-state index >= 15 is 0 Å². The minimum atomic E-state index is 0.898. The highest BCUT2D eigenvalue weighted by Gasteiger charge is 2.04. The van der Waals surface area contributed by atoms with Crippen molar-refractivity contribution in [3.05, 3.63) is 0 Å². The van der Waals surface area contributed by atoms with Gasteiger partial charge in [-0.05, 0) is 11.8 Å². The molecule has 0 N–H and O–H groups in total. The molecule has 0 aliphatic heterocycles. The minimum Gasteiger partial charge on any atom is -0.0654 e. The van der Waals surface area contributed by atoms with Crippen molar-refractivity contribution in [3.8, 4) is 0 Å². The first-order valence-electron chi connectivity index (χ1n) is 8.70. The lowest BCUT2D eigenvalue weighted by atomic mass is 9.94. The highest BCUT2D eigenvalue weighted by atomic mass is 14.1. The SMILES string of the molecule is CCCC(CC)CCCCCCCCCC(C)C. The summed E-state index contributed by atoms with van der Waals surface area (Å²) in [7, 11) is 0. The Labute approximate surface area is 117 Å². The second kappa shape index (κ2) is 13.4. The lowest BCUT2D eigenvalue weighted by molar-refractivity contribution is 0.407. The number of hydrogen-bond donors (Lipinski definition) is 0. The molecule has 0 saturated carbocycles. The molecule has 1 atom stereocenters. The van der Waals surface area contributed by atoms with Crippen LogP contribution in [0.3, 0.4) is 0 Å². The first-order chi connectivity index (χ1) is 8.70. The predicted molar refractivity (Wildman–Crippen MR) is 85.1 cm³/mol. The number of hydrogen-bond acceptors (Lipinski definition) is 0. The van der Waals surface area contributed by atoms with Gasteiger partial charge in [0.15, 0.2) is 0 Å². The van der Waals surface area contributed by atoms with Crippen molar-refractivity contribution in [2.45, 2.75) is 105 Å². The van der Waals surface area contributed by atoms with Crippen molar-refractivity contribution in [3.63, 3.8) is 0 Å². The van der Waals surface area contributed by atoms with Crippen LogP contribution in [0.4, 0.5) is 0 Å². The molecular weight excluding hydrogens is 216 g/mol. The molecule has 0 rings (SSSR count). The van der Waals surface area contributed by atoms with Crippen molar-refractivity contribution < 1.29 is 0 Å². The summed E-state index contributed by atoms with van der Waals surface area (Å²) in [6, 6.07) is 0. The highest BCUT2D eigenvalue weighted by molar-refractivity contribution is 4.57. The third-order valence-electron chi connectivity index (χ3n) is 4.17. The van der Waals surface area contributed by atoms with Crippen LogP contribution in [0.2, 0.25) is 0 Å². The van der Waals surface area contributed by atoms with Gasteiger partial charge in [-0.15, -0.1) is 0 Å². The van der Waals surface area contributed by atoms with Gasteiger partial charge in [-0.25, -0.2) is 0 Å². The summed E-state index contributed by atoms with van der Waals surface area (Å²) in [5.41, 5.74) is 0. The van der Waals surface area contributed by atoms with E-state index in [4.69, 9.17) is 0 Å². The van der Waals surface area contributed by atoms with Crippen LogP contribution in [0.25, 0.3) is 0 Å². The fraction of sp³-hybridized carbons (Fsp3) is 1.00. The molecule has 0 aromatic heterocycles. The molecule has 0 amide bonds. The topological polar surface area (TPSA) is 0 Å². The van der Waals surface area contributed by atoms with Crippen LogP contribution in [0.1, 0.15) is 105 Å². The Hall–Kier alpha value is 0. The predicted octanol–water partition coefficient (Wildman–Crippen LogP) is 6.98. The molecule has 0 radical (unpaired) electrons. The molecule has 1 unspecified atom stereocenters. The second-order valence-corrected chi connectivity index (χ2v) is 6.51. The fourth-order valence-corrected chi connectivity index (χ4v) is 2.83. The molecule has 0 spiro atoms. The summed E-state index contributed by atoms with van der Waals surface area (Å²) in [6.07, 6.45) is 17.4. The maximum Gasteiger partial charge on any atom is -0.0417 e. The lowest BCUT2D eigenvalue weighted by Crippen LogP contribution is -1.98. The van der Waals surface area contributed by atoms with Gasteiger partial charge >= 0.3 is 0 Å². The molecule has 0 aromatic rings. The van der Waals surface area contributed by atoms with Crippen LogP contribution in [-0.2, 0) is 0 Å². The Kier molecular flexibility index (Phi) is 13.4. The van der Waals surface area contributed by atoms with Crippen LogP contribution < -0.4 is 0 Å². The van der Waals surface area contributed by atoms with Gasteiger partial charge in [0.05, 0.1) is 0 Å². The van der Waals surface area contributed by atoms with E-state index in [1.807, 2.05) is 0 Å². The third kappa shape index (κ3) is 12.5. The number of unbranched alkanes of at least 4 members (excludes halogenated alkanes) is 6. The van der Waals surface area contributed by atoms with Gasteiger partial charge in [-0.1, -0.05) is 105 Å². The van der Waals surface area contributed by atoms with Gasteiger partial charge in [0.25, 0.3) is 0 Å². The summed E-state index contributed by atoms with van der Waals surface area (Å²) in [5.74, 6) is 1.91. The molecule has 0 bridgehead atoms. The second-order valence-electron chi connectivity index (χ2n) is 6.51. The fourth-order valence-electron chi connectivity index (χ4n) is 2.83. The maximum absolute atomic E-state index is 2.36. The Morgan fingerprint density at radius 2 is 1.11 bits per heavy atom. The minimum absolute atomic E-state index is 0.898. The number of rotatable bonds is 13. The van der Waals surface area contributed by atoms with E-state index in [0.29, 0.717) is 0 Å². The zero-order chi connectivity index (χ0) is 13.6. The summed E-state index contributed by atoms with van der Waals surface area (Å²) in [6.45, 7) is 9.34. The smallest absolute Gasteiger partial charge is 0.0417 e. The average molecular weight is 255 g/mol. The van der Waals surface area contributed by atoms with E-state index in [9.17, 15) is 0 Å². The van der Waals surface area contributed by atoms with Gasteiger partial charge < -0.3 is 0 Å². The van der Waals surface area contributed by atoms with Gasteiger partial charge in [0.2, 0.25) is 0 Å². The Morgan fingerprint density at radius 1 is 0.611 bits per heavy atom. The van der Waals surface area contributed by atoms with Crippen molar-refractivity contribution in [2.75, 3.05) is 0 Å². The Morgan fingerprint density at radius 3 is 1.56 bits per heavy atom. The van der Waals surface area contributed by atoms with Crippen LogP contribution >= 0.6 is 0 Å². The van der Waals surface area contributed by atoms with Crippen LogP contribution in [0.15, 0.2) is 0 Å². The summed E-state index contributed by atoms with van der Waals surface area (Å²) < 4.78 is 0. The standard InChI is InChI=1S/C18H38/c1-5-14-18(6-2)16-13-11-9-7-8-10-12-15-17(3)4/h17-18H,5-16H2,1-4H3. The molecule has 0 fully saturated rings. The van der Waals surface area contributed by atoms with Gasteiger partial charge in [0, 0.05) is 0 Å². The monoisotopic (exact) mass is 254 g/mol. The largest absolute Gasteiger partial charge is 0.0654 e. The summed E-state index contributed by atoms with van der Waals surface area (Å²) in [5, 5.41) is 0. The first-order valence-corrected chi connectivity index (χ1v) is 8.70.